The molecule has 0 heterocycles. The van der Waals surface area contributed by atoms with Crippen molar-refractivity contribution in [1.29, 1.82) is 0 Å². The number of rotatable bonds is 5. The number of carbonyl (C=O) groups is 2. The van der Waals surface area contributed by atoms with E-state index in [4.69, 9.17) is 0 Å². The van der Waals surface area contributed by atoms with Crippen LogP contribution < -0.4 is 0 Å². The fourth-order valence-corrected chi connectivity index (χ4v) is 10.6. The van der Waals surface area contributed by atoms with Gasteiger partial charge in [0.1, 0.15) is 0 Å². The Balaban J connectivity index is 1.77. The van der Waals surface area contributed by atoms with E-state index in [9.17, 15) is 19.8 Å². The predicted molar refractivity (Wildman–Crippen MR) is 135 cm³/mol. The highest BCUT2D eigenvalue weighted by atomic mass is 16.4. The summed E-state index contributed by atoms with van der Waals surface area (Å²) in [6.07, 6.45) is 11.4. The molecule has 4 aliphatic rings. The first kappa shape index (κ1) is 26.0. The lowest BCUT2D eigenvalue weighted by molar-refractivity contribution is -0.254. The van der Waals surface area contributed by atoms with E-state index in [1.54, 1.807) is 0 Å². The van der Waals surface area contributed by atoms with Crippen molar-refractivity contribution in [3.8, 4) is 0 Å². The fourth-order valence-electron chi connectivity index (χ4n) is 10.6. The largest absolute Gasteiger partial charge is 0.481 e. The molecule has 0 spiro atoms. The lowest BCUT2D eigenvalue weighted by atomic mass is 9.30. The van der Waals surface area contributed by atoms with Crippen LogP contribution in [0.4, 0.5) is 0 Å². The predicted octanol–water partition coefficient (Wildman–Crippen LogP) is 7.80. The van der Waals surface area contributed by atoms with Crippen LogP contribution in [-0.2, 0) is 9.59 Å². The molecule has 4 nitrogen and oxygen atoms in total. The van der Waals surface area contributed by atoms with Crippen molar-refractivity contribution in [3.63, 3.8) is 0 Å². The van der Waals surface area contributed by atoms with Crippen molar-refractivity contribution >= 4 is 11.9 Å². The molecular formula is C30H50O4. The van der Waals surface area contributed by atoms with Crippen LogP contribution in [0.25, 0.3) is 0 Å². The molecule has 0 aromatic rings. The standard InChI is InChI=1S/C30H50O4/c1-8-26(4)12-11-21-27(5,20(26)9-10-23(31)32)14-15-29(7)22-19-25(2,3)13-17-30(22,24(33)34)18-16-28(21,29)6/h20-22H,8-19H2,1-7H3,(H,31,32)(H,33,34). The van der Waals surface area contributed by atoms with Gasteiger partial charge in [-0.15, -0.1) is 0 Å². The maximum atomic E-state index is 12.9. The number of hydrogen-bond donors (Lipinski definition) is 2. The molecule has 8 unspecified atom stereocenters. The number of fused-ring (bicyclic) bond motifs is 5. The third kappa shape index (κ3) is 3.43. The summed E-state index contributed by atoms with van der Waals surface area (Å²) in [7, 11) is 0. The summed E-state index contributed by atoms with van der Waals surface area (Å²) < 4.78 is 0. The van der Waals surface area contributed by atoms with Gasteiger partial charge >= 0.3 is 11.9 Å². The fraction of sp³-hybridized carbons (Fsp3) is 0.933. The van der Waals surface area contributed by atoms with E-state index >= 15 is 0 Å². The minimum atomic E-state index is -0.676. The molecule has 8 atom stereocenters. The van der Waals surface area contributed by atoms with Crippen LogP contribution in [-0.4, -0.2) is 22.2 Å². The molecule has 0 radical (unpaired) electrons. The highest BCUT2D eigenvalue weighted by Gasteiger charge is 2.71. The molecule has 4 saturated carbocycles. The third-order valence-electron chi connectivity index (χ3n) is 13.1. The normalized spacial score (nSPS) is 49.9. The molecule has 0 aromatic carbocycles. The average molecular weight is 475 g/mol. The highest BCUT2D eigenvalue weighted by Crippen LogP contribution is 2.77. The van der Waals surface area contributed by atoms with E-state index in [2.05, 4.69) is 48.5 Å². The molecule has 2 N–H and O–H groups in total. The molecule has 4 heteroatoms. The van der Waals surface area contributed by atoms with E-state index in [1.165, 1.54) is 12.8 Å². The van der Waals surface area contributed by atoms with Crippen LogP contribution in [0.15, 0.2) is 0 Å². The Labute approximate surface area is 207 Å². The van der Waals surface area contributed by atoms with Gasteiger partial charge in [0.25, 0.3) is 0 Å². The van der Waals surface area contributed by atoms with Crippen molar-refractivity contribution in [1.82, 2.24) is 0 Å². The lowest BCUT2D eigenvalue weighted by Gasteiger charge is -2.73. The summed E-state index contributed by atoms with van der Waals surface area (Å²) in [5, 5.41) is 20.1. The highest BCUT2D eigenvalue weighted by molar-refractivity contribution is 5.76. The van der Waals surface area contributed by atoms with Crippen LogP contribution >= 0.6 is 0 Å². The molecule has 4 aliphatic carbocycles. The van der Waals surface area contributed by atoms with Crippen LogP contribution in [0.3, 0.4) is 0 Å². The van der Waals surface area contributed by atoms with Crippen molar-refractivity contribution in [2.75, 3.05) is 0 Å². The maximum Gasteiger partial charge on any atom is 0.309 e. The van der Waals surface area contributed by atoms with Gasteiger partial charge in [0, 0.05) is 6.42 Å². The number of aliphatic carboxylic acids is 2. The number of carboxylic acid groups (broad SMARTS) is 2. The summed E-state index contributed by atoms with van der Waals surface area (Å²) in [5.74, 6) is -0.0544. The van der Waals surface area contributed by atoms with E-state index in [-0.39, 0.29) is 39.4 Å². The Morgan fingerprint density at radius 1 is 0.794 bits per heavy atom. The van der Waals surface area contributed by atoms with Gasteiger partial charge in [-0.25, -0.2) is 0 Å². The SMILES string of the molecule is CCC1(C)CCC2C(C)(CCC3(C)C4CC(C)(C)CCC4(C(=O)O)CCC23C)C1CCC(=O)O. The van der Waals surface area contributed by atoms with Gasteiger partial charge in [0.05, 0.1) is 5.41 Å². The number of hydrogen-bond acceptors (Lipinski definition) is 2. The zero-order valence-electron chi connectivity index (χ0n) is 22.9. The van der Waals surface area contributed by atoms with Gasteiger partial charge in [-0.1, -0.05) is 54.9 Å². The topological polar surface area (TPSA) is 74.6 Å². The molecule has 0 bridgehead atoms. The minimum absolute atomic E-state index is 0.0167. The Morgan fingerprint density at radius 3 is 1.97 bits per heavy atom. The van der Waals surface area contributed by atoms with Crippen LogP contribution in [0, 0.1) is 50.2 Å². The molecular weight excluding hydrogens is 424 g/mol. The third-order valence-corrected chi connectivity index (χ3v) is 13.1. The minimum Gasteiger partial charge on any atom is -0.481 e. The number of carboxylic acids is 2. The van der Waals surface area contributed by atoms with Crippen molar-refractivity contribution in [2.24, 2.45) is 50.2 Å². The molecule has 0 aliphatic heterocycles. The van der Waals surface area contributed by atoms with Gasteiger partial charge < -0.3 is 10.2 Å². The van der Waals surface area contributed by atoms with E-state index in [1.807, 2.05) is 0 Å². The van der Waals surface area contributed by atoms with Gasteiger partial charge in [0.2, 0.25) is 0 Å². The van der Waals surface area contributed by atoms with Crippen LogP contribution in [0.5, 0.6) is 0 Å². The second kappa shape index (κ2) is 7.97. The molecule has 4 fully saturated rings. The van der Waals surface area contributed by atoms with Crippen LogP contribution in [0.2, 0.25) is 0 Å². The van der Waals surface area contributed by atoms with Crippen molar-refractivity contribution in [2.45, 2.75) is 126 Å². The Kier molecular flexibility index (Phi) is 6.10. The van der Waals surface area contributed by atoms with Crippen molar-refractivity contribution < 1.29 is 19.8 Å². The summed E-state index contributed by atoms with van der Waals surface area (Å²) in [6, 6.07) is 0. The quantitative estimate of drug-likeness (QED) is 0.426. The van der Waals surface area contributed by atoms with Gasteiger partial charge in [-0.05, 0) is 109 Å². The summed E-state index contributed by atoms with van der Waals surface area (Å²) in [4.78, 5) is 24.5. The van der Waals surface area contributed by atoms with Gasteiger partial charge in [0.15, 0.2) is 0 Å². The van der Waals surface area contributed by atoms with E-state index < -0.39 is 17.4 Å². The lowest BCUT2D eigenvalue weighted by Crippen LogP contribution is -2.68. The van der Waals surface area contributed by atoms with E-state index in [0.717, 1.165) is 57.8 Å². The second-order valence-electron chi connectivity index (χ2n) is 14.8. The first-order chi connectivity index (χ1) is 15.6. The molecule has 34 heavy (non-hydrogen) atoms. The van der Waals surface area contributed by atoms with Gasteiger partial charge in [-0.3, -0.25) is 9.59 Å². The first-order valence-corrected chi connectivity index (χ1v) is 14.1. The Morgan fingerprint density at radius 2 is 1.38 bits per heavy atom. The van der Waals surface area contributed by atoms with E-state index in [0.29, 0.717) is 11.8 Å². The summed E-state index contributed by atoms with van der Waals surface area (Å²) >= 11 is 0. The molecule has 0 saturated heterocycles. The zero-order valence-corrected chi connectivity index (χ0v) is 22.9. The molecule has 0 aromatic heterocycles. The Hall–Kier alpha value is -1.06. The van der Waals surface area contributed by atoms with Crippen LogP contribution in [0.1, 0.15) is 126 Å². The van der Waals surface area contributed by atoms with Gasteiger partial charge in [-0.2, -0.15) is 0 Å². The Bertz CT molecular complexity index is 849. The molecule has 4 rings (SSSR count). The second-order valence-corrected chi connectivity index (χ2v) is 14.8. The summed E-state index contributed by atoms with van der Waals surface area (Å²) in [5.41, 5.74) is 0.0729. The summed E-state index contributed by atoms with van der Waals surface area (Å²) in [6.45, 7) is 16.9. The smallest absolute Gasteiger partial charge is 0.309 e. The monoisotopic (exact) mass is 474 g/mol. The molecule has 0 amide bonds. The molecule has 194 valence electrons. The zero-order chi connectivity index (χ0) is 25.4. The van der Waals surface area contributed by atoms with Crippen molar-refractivity contribution in [3.05, 3.63) is 0 Å². The first-order valence-electron chi connectivity index (χ1n) is 14.1. The average Bonchev–Trinajstić information content (AvgIpc) is 2.74. The maximum absolute atomic E-state index is 12.9.